The van der Waals surface area contributed by atoms with Crippen molar-refractivity contribution < 1.29 is 14.3 Å². The second-order valence-corrected chi connectivity index (χ2v) is 7.78. The van der Waals surface area contributed by atoms with Crippen LogP contribution < -0.4 is 10.1 Å². The molecule has 1 N–H and O–H groups in total. The van der Waals surface area contributed by atoms with Crippen molar-refractivity contribution in [1.82, 2.24) is 10.2 Å². The van der Waals surface area contributed by atoms with Gasteiger partial charge in [-0.25, -0.2) is 0 Å². The standard InChI is InChI=1S/C20H19Cl3N2O3/c21-13-1-4-16(5-2-13)28-12-19(26)25-9-7-15(8-10-25)24-20(27)17-6-3-14(22)11-18(17)23/h1-6,11,15H,7-10,12H2,(H,24,27). The highest BCUT2D eigenvalue weighted by molar-refractivity contribution is 6.36. The third-order valence-electron chi connectivity index (χ3n) is 4.53. The lowest BCUT2D eigenvalue weighted by atomic mass is 10.0. The summed E-state index contributed by atoms with van der Waals surface area (Å²) in [5.74, 6) is 0.276. The van der Waals surface area contributed by atoms with Crippen molar-refractivity contribution in [2.24, 2.45) is 0 Å². The molecule has 1 heterocycles. The van der Waals surface area contributed by atoms with E-state index in [4.69, 9.17) is 39.5 Å². The number of nitrogens with one attached hydrogen (secondary N) is 1. The lowest BCUT2D eigenvalue weighted by Crippen LogP contribution is -2.47. The molecule has 1 aliphatic heterocycles. The van der Waals surface area contributed by atoms with Gasteiger partial charge in [-0.1, -0.05) is 34.8 Å². The number of ether oxygens (including phenoxy) is 1. The van der Waals surface area contributed by atoms with Gasteiger partial charge in [-0.2, -0.15) is 0 Å². The van der Waals surface area contributed by atoms with E-state index in [0.717, 1.165) is 0 Å². The first-order chi connectivity index (χ1) is 13.4. The predicted molar refractivity (Wildman–Crippen MR) is 110 cm³/mol. The van der Waals surface area contributed by atoms with Crippen LogP contribution in [0.1, 0.15) is 23.2 Å². The van der Waals surface area contributed by atoms with E-state index < -0.39 is 0 Å². The molecule has 0 aliphatic carbocycles. The zero-order valence-electron chi connectivity index (χ0n) is 15.0. The number of carbonyl (C=O) groups is 2. The lowest BCUT2D eigenvalue weighted by molar-refractivity contribution is -0.134. The Hall–Kier alpha value is -1.95. The summed E-state index contributed by atoms with van der Waals surface area (Å²) in [5.41, 5.74) is 0.390. The maximum atomic E-state index is 12.4. The molecule has 1 saturated heterocycles. The third kappa shape index (κ3) is 5.53. The molecule has 5 nitrogen and oxygen atoms in total. The number of hydrogen-bond donors (Lipinski definition) is 1. The smallest absolute Gasteiger partial charge is 0.260 e. The summed E-state index contributed by atoms with van der Waals surface area (Å²) in [5, 5.41) is 4.38. The van der Waals surface area contributed by atoms with Crippen molar-refractivity contribution in [2.45, 2.75) is 18.9 Å². The molecule has 0 saturated carbocycles. The SMILES string of the molecule is O=C(NC1CCN(C(=O)COc2ccc(Cl)cc2)CC1)c1ccc(Cl)cc1Cl. The minimum atomic E-state index is -0.238. The van der Waals surface area contributed by atoms with Gasteiger partial charge in [0.25, 0.3) is 11.8 Å². The molecule has 0 unspecified atom stereocenters. The van der Waals surface area contributed by atoms with Gasteiger partial charge in [-0.3, -0.25) is 9.59 Å². The number of rotatable bonds is 5. The van der Waals surface area contributed by atoms with Crippen molar-refractivity contribution in [3.05, 3.63) is 63.1 Å². The number of piperidine rings is 1. The van der Waals surface area contributed by atoms with Crippen LogP contribution in [0.5, 0.6) is 5.75 Å². The molecule has 0 bridgehead atoms. The molecule has 2 aromatic rings. The van der Waals surface area contributed by atoms with Crippen molar-refractivity contribution in [2.75, 3.05) is 19.7 Å². The highest BCUT2D eigenvalue weighted by Crippen LogP contribution is 2.22. The van der Waals surface area contributed by atoms with E-state index in [9.17, 15) is 9.59 Å². The quantitative estimate of drug-likeness (QED) is 0.746. The second kappa shape index (κ2) is 9.50. The Labute approximate surface area is 178 Å². The maximum absolute atomic E-state index is 12.4. The monoisotopic (exact) mass is 440 g/mol. The number of carbonyl (C=O) groups excluding carboxylic acids is 2. The molecule has 2 amide bonds. The highest BCUT2D eigenvalue weighted by Gasteiger charge is 2.25. The van der Waals surface area contributed by atoms with Gasteiger partial charge in [0.1, 0.15) is 5.75 Å². The number of amides is 2. The van der Waals surface area contributed by atoms with Crippen LogP contribution in [0.3, 0.4) is 0 Å². The number of nitrogens with zero attached hydrogens (tertiary/aromatic N) is 1. The van der Waals surface area contributed by atoms with Gasteiger partial charge in [-0.15, -0.1) is 0 Å². The van der Waals surface area contributed by atoms with Crippen LogP contribution in [0, 0.1) is 0 Å². The molecule has 2 aromatic carbocycles. The summed E-state index contributed by atoms with van der Waals surface area (Å²) in [6.45, 7) is 1.09. The van der Waals surface area contributed by atoms with Crippen LogP contribution in [0.2, 0.25) is 15.1 Å². The van der Waals surface area contributed by atoms with Crippen LogP contribution in [0.25, 0.3) is 0 Å². The van der Waals surface area contributed by atoms with Crippen molar-refractivity contribution in [1.29, 1.82) is 0 Å². The fraction of sp³-hybridized carbons (Fsp3) is 0.300. The molecule has 8 heteroatoms. The van der Waals surface area contributed by atoms with E-state index in [1.165, 1.54) is 0 Å². The van der Waals surface area contributed by atoms with Crippen LogP contribution in [0.4, 0.5) is 0 Å². The summed E-state index contributed by atoms with van der Waals surface area (Å²) in [7, 11) is 0. The average Bonchev–Trinajstić information content (AvgIpc) is 2.67. The summed E-state index contributed by atoms with van der Waals surface area (Å²) in [4.78, 5) is 26.5. The van der Waals surface area contributed by atoms with Crippen LogP contribution in [-0.4, -0.2) is 42.5 Å². The Morgan fingerprint density at radius 3 is 2.29 bits per heavy atom. The second-order valence-electron chi connectivity index (χ2n) is 6.50. The normalized spacial score (nSPS) is 14.6. The Bertz CT molecular complexity index is 850. The molecule has 0 radical (unpaired) electrons. The summed E-state index contributed by atoms with van der Waals surface area (Å²) in [6, 6.07) is 11.6. The number of likely N-dealkylation sites (tertiary alicyclic amines) is 1. The summed E-state index contributed by atoms with van der Waals surface area (Å²) in [6.07, 6.45) is 1.34. The van der Waals surface area contributed by atoms with Gasteiger partial charge in [0.2, 0.25) is 0 Å². The van der Waals surface area contributed by atoms with Gasteiger partial charge in [-0.05, 0) is 55.3 Å². The lowest BCUT2D eigenvalue weighted by Gasteiger charge is -2.32. The van der Waals surface area contributed by atoms with E-state index in [1.54, 1.807) is 47.4 Å². The van der Waals surface area contributed by atoms with Crippen LogP contribution >= 0.6 is 34.8 Å². The van der Waals surface area contributed by atoms with E-state index >= 15 is 0 Å². The summed E-state index contributed by atoms with van der Waals surface area (Å²) < 4.78 is 5.50. The molecule has 0 spiro atoms. The minimum Gasteiger partial charge on any atom is -0.484 e. The van der Waals surface area contributed by atoms with Crippen molar-refractivity contribution in [3.63, 3.8) is 0 Å². The van der Waals surface area contributed by atoms with Gasteiger partial charge < -0.3 is 15.0 Å². The molecule has 148 valence electrons. The fourth-order valence-corrected chi connectivity index (χ4v) is 3.60. The van der Waals surface area contributed by atoms with Gasteiger partial charge >= 0.3 is 0 Å². The minimum absolute atomic E-state index is 0.0134. The Morgan fingerprint density at radius 1 is 1.00 bits per heavy atom. The average molecular weight is 442 g/mol. The molecule has 0 atom stereocenters. The van der Waals surface area contributed by atoms with Crippen molar-refractivity contribution >= 4 is 46.6 Å². The zero-order valence-corrected chi connectivity index (χ0v) is 17.2. The van der Waals surface area contributed by atoms with Crippen molar-refractivity contribution in [3.8, 4) is 5.75 Å². The van der Waals surface area contributed by atoms with Gasteiger partial charge in [0, 0.05) is 29.2 Å². The molecule has 28 heavy (non-hydrogen) atoms. The Balaban J connectivity index is 1.45. The first kappa shape index (κ1) is 20.8. The highest BCUT2D eigenvalue weighted by atomic mass is 35.5. The Morgan fingerprint density at radius 2 is 1.64 bits per heavy atom. The Kier molecular flexibility index (Phi) is 7.05. The zero-order chi connectivity index (χ0) is 20.1. The molecular weight excluding hydrogens is 423 g/mol. The molecular formula is C20H19Cl3N2O3. The van der Waals surface area contributed by atoms with Crippen LogP contribution in [0.15, 0.2) is 42.5 Å². The molecule has 1 aliphatic rings. The van der Waals surface area contributed by atoms with E-state index in [1.807, 2.05) is 0 Å². The molecule has 1 fully saturated rings. The first-order valence-corrected chi connectivity index (χ1v) is 9.98. The fourth-order valence-electron chi connectivity index (χ4n) is 2.98. The number of halogens is 3. The molecule has 3 rings (SSSR count). The van der Waals surface area contributed by atoms with Crippen LogP contribution in [-0.2, 0) is 4.79 Å². The number of benzene rings is 2. The largest absolute Gasteiger partial charge is 0.484 e. The van der Waals surface area contributed by atoms with Gasteiger partial charge in [0.15, 0.2) is 6.61 Å². The van der Waals surface area contributed by atoms with Gasteiger partial charge in [0.05, 0.1) is 10.6 Å². The van der Waals surface area contributed by atoms with E-state index in [0.29, 0.717) is 52.3 Å². The van der Waals surface area contributed by atoms with E-state index in [2.05, 4.69) is 5.32 Å². The predicted octanol–water partition coefficient (Wildman–Crippen LogP) is 4.45. The number of hydrogen-bond acceptors (Lipinski definition) is 3. The van der Waals surface area contributed by atoms with E-state index in [-0.39, 0.29) is 24.5 Å². The first-order valence-electron chi connectivity index (χ1n) is 8.84. The third-order valence-corrected chi connectivity index (χ3v) is 5.33. The maximum Gasteiger partial charge on any atom is 0.260 e. The topological polar surface area (TPSA) is 58.6 Å². The summed E-state index contributed by atoms with van der Waals surface area (Å²) >= 11 is 17.8. The molecule has 0 aromatic heterocycles.